The summed E-state index contributed by atoms with van der Waals surface area (Å²) in [7, 11) is 17.4. The summed E-state index contributed by atoms with van der Waals surface area (Å²) in [6, 6.07) is -1.13. The Bertz CT molecular complexity index is 821. The summed E-state index contributed by atoms with van der Waals surface area (Å²) in [5.41, 5.74) is 0.0698. The molecule has 0 spiro atoms. The van der Waals surface area contributed by atoms with Crippen molar-refractivity contribution in [1.82, 2.24) is 15.0 Å². The molecule has 0 bridgehead atoms. The first kappa shape index (κ1) is 21.4. The lowest BCUT2D eigenvalue weighted by atomic mass is 9.40. The van der Waals surface area contributed by atoms with E-state index in [1.165, 1.54) is 0 Å². The molecule has 154 valence electrons. The first-order chi connectivity index (χ1) is 13.8. The molecule has 5 nitrogen and oxygen atoms in total. The molecule has 0 amide bonds. The van der Waals surface area contributed by atoms with E-state index in [9.17, 15) is 22.0 Å². The number of alkyl halides is 4. The maximum Gasteiger partial charge on any atom is 0.252 e. The first-order valence-electron chi connectivity index (χ1n) is 9.61. The monoisotopic (exact) mass is 419 g/mol. The number of rotatable bonds is 5. The molecular formula is C17H17B3F5N5. The van der Waals surface area contributed by atoms with Crippen LogP contribution in [0.15, 0.2) is 5.83 Å². The number of nitrogens with one attached hydrogen (secondary N) is 2. The van der Waals surface area contributed by atoms with Crippen LogP contribution in [-0.4, -0.2) is 62.4 Å². The van der Waals surface area contributed by atoms with Crippen molar-refractivity contribution in [2.24, 2.45) is 0 Å². The zero-order chi connectivity index (χ0) is 21.9. The maximum absolute atomic E-state index is 14.8. The van der Waals surface area contributed by atoms with Gasteiger partial charge >= 0.3 is 0 Å². The van der Waals surface area contributed by atoms with Crippen molar-refractivity contribution in [3.05, 3.63) is 11.7 Å². The summed E-state index contributed by atoms with van der Waals surface area (Å²) < 4.78 is 67.4. The van der Waals surface area contributed by atoms with E-state index in [-0.39, 0.29) is 36.1 Å². The highest BCUT2D eigenvalue weighted by Gasteiger charge is 2.47. The van der Waals surface area contributed by atoms with Crippen molar-refractivity contribution in [3.8, 4) is 0 Å². The predicted molar refractivity (Wildman–Crippen MR) is 104 cm³/mol. The number of halogens is 5. The van der Waals surface area contributed by atoms with E-state index in [1.807, 2.05) is 0 Å². The fourth-order valence-electron chi connectivity index (χ4n) is 3.79. The minimum Gasteiger partial charge on any atom is -0.351 e. The molecule has 1 aromatic rings. The Morgan fingerprint density at radius 1 is 0.833 bits per heavy atom. The molecule has 3 aliphatic carbocycles. The molecule has 4 rings (SSSR count). The Morgan fingerprint density at radius 3 is 1.73 bits per heavy atom. The van der Waals surface area contributed by atoms with Crippen LogP contribution in [0.25, 0.3) is 5.57 Å². The Hall–Kier alpha value is -1.81. The quantitative estimate of drug-likeness (QED) is 0.568. The summed E-state index contributed by atoms with van der Waals surface area (Å²) >= 11 is 0. The summed E-state index contributed by atoms with van der Waals surface area (Å²) in [5, 5.41) is 4.10. The van der Waals surface area contributed by atoms with E-state index in [1.54, 1.807) is 0 Å². The summed E-state index contributed by atoms with van der Waals surface area (Å²) in [5.74, 6) is -7.76. The summed E-state index contributed by atoms with van der Waals surface area (Å²) in [6.45, 7) is 0. The van der Waals surface area contributed by atoms with Gasteiger partial charge in [0.1, 0.15) is 5.83 Å². The Balaban J connectivity index is 1.61. The highest BCUT2D eigenvalue weighted by atomic mass is 19.3. The lowest BCUT2D eigenvalue weighted by molar-refractivity contribution is -0.0799. The van der Waals surface area contributed by atoms with E-state index in [4.69, 9.17) is 23.5 Å². The van der Waals surface area contributed by atoms with Crippen molar-refractivity contribution < 1.29 is 22.0 Å². The van der Waals surface area contributed by atoms with Gasteiger partial charge in [0.15, 0.2) is 5.82 Å². The van der Waals surface area contributed by atoms with E-state index in [0.717, 1.165) is 0 Å². The second-order valence-corrected chi connectivity index (χ2v) is 8.43. The van der Waals surface area contributed by atoms with Crippen molar-refractivity contribution in [1.29, 1.82) is 0 Å². The van der Waals surface area contributed by atoms with Crippen LogP contribution in [0.5, 0.6) is 0 Å². The SMILES string of the molecule is [B][C@H]1C(F)=C(c2nc(NC3CC(F)(F)C3)nc(NC3CC(F)(F)C3)n2)CCC1([B])[B]. The highest BCUT2D eigenvalue weighted by Crippen LogP contribution is 2.50. The van der Waals surface area contributed by atoms with Crippen LogP contribution < -0.4 is 10.6 Å². The fourth-order valence-corrected chi connectivity index (χ4v) is 3.79. The number of nitrogens with zero attached hydrogens (tertiary/aromatic N) is 3. The fraction of sp³-hybridized carbons (Fsp3) is 0.706. The summed E-state index contributed by atoms with van der Waals surface area (Å²) in [6.07, 6.45) is -1.31. The van der Waals surface area contributed by atoms with Crippen LogP contribution in [-0.2, 0) is 0 Å². The summed E-state index contributed by atoms with van der Waals surface area (Å²) in [4.78, 5) is 12.4. The van der Waals surface area contributed by atoms with Crippen LogP contribution in [0.1, 0.15) is 44.3 Å². The van der Waals surface area contributed by atoms with Gasteiger partial charge in [0, 0.05) is 43.3 Å². The maximum atomic E-state index is 14.8. The van der Waals surface area contributed by atoms with Crippen molar-refractivity contribution in [2.45, 2.75) is 73.5 Å². The van der Waals surface area contributed by atoms with Gasteiger partial charge in [0.25, 0.3) is 11.8 Å². The van der Waals surface area contributed by atoms with Gasteiger partial charge in [-0.05, 0) is 12.2 Å². The van der Waals surface area contributed by atoms with Gasteiger partial charge < -0.3 is 10.6 Å². The zero-order valence-electron chi connectivity index (χ0n) is 15.9. The largest absolute Gasteiger partial charge is 0.351 e. The predicted octanol–water partition coefficient (Wildman–Crippen LogP) is 3.18. The third kappa shape index (κ3) is 4.30. The van der Waals surface area contributed by atoms with Gasteiger partial charge in [-0.25, -0.2) is 22.0 Å². The lowest BCUT2D eigenvalue weighted by Crippen LogP contribution is -2.45. The Labute approximate surface area is 174 Å². The van der Waals surface area contributed by atoms with Crippen molar-refractivity contribution >= 4 is 41.0 Å². The molecule has 1 atom stereocenters. The van der Waals surface area contributed by atoms with Crippen LogP contribution in [0, 0.1) is 0 Å². The molecule has 1 aromatic heterocycles. The second-order valence-electron chi connectivity index (χ2n) is 8.43. The highest BCUT2D eigenvalue weighted by molar-refractivity contribution is 6.44. The van der Waals surface area contributed by atoms with E-state index < -0.39 is 66.5 Å². The molecule has 2 saturated carbocycles. The third-order valence-electron chi connectivity index (χ3n) is 5.70. The van der Waals surface area contributed by atoms with Gasteiger partial charge in [-0.15, -0.1) is 0 Å². The normalized spacial score (nSPS) is 27.8. The van der Waals surface area contributed by atoms with Crippen LogP contribution >= 0.6 is 0 Å². The topological polar surface area (TPSA) is 62.7 Å². The van der Waals surface area contributed by atoms with Gasteiger partial charge in [0.05, 0.1) is 23.5 Å². The Morgan fingerprint density at radius 2 is 1.30 bits per heavy atom. The third-order valence-corrected chi connectivity index (χ3v) is 5.70. The molecular weight excluding hydrogens is 402 g/mol. The molecule has 0 unspecified atom stereocenters. The number of aromatic nitrogens is 3. The van der Waals surface area contributed by atoms with E-state index in [0.29, 0.717) is 0 Å². The molecule has 6 radical (unpaired) electrons. The van der Waals surface area contributed by atoms with Gasteiger partial charge in [-0.3, -0.25) is 0 Å². The average molecular weight is 419 g/mol. The van der Waals surface area contributed by atoms with E-state index in [2.05, 4.69) is 25.6 Å². The first-order valence-corrected chi connectivity index (χ1v) is 9.61. The standard InChI is InChI=1S/C17H17B3F5N5/c18-11-10(21)9(1-2-17(11,19)20)12-28-13(26-7-3-15(22,23)4-7)30-14(29-12)27-8-5-16(24,25)6-8/h7-8,11H,1-6H2,(H2,26,27,28,29,30)/t11-/m0/s1. The minimum absolute atomic E-state index is 0.0553. The second kappa shape index (κ2) is 7.12. The molecule has 0 aliphatic heterocycles. The molecule has 0 saturated heterocycles. The van der Waals surface area contributed by atoms with Gasteiger partial charge in [0.2, 0.25) is 11.9 Å². The molecule has 2 N–H and O–H groups in total. The number of allylic oxidation sites excluding steroid dienone is 2. The van der Waals surface area contributed by atoms with Crippen LogP contribution in [0.4, 0.5) is 33.8 Å². The van der Waals surface area contributed by atoms with Gasteiger partial charge in [-0.2, -0.15) is 15.0 Å². The van der Waals surface area contributed by atoms with Crippen LogP contribution in [0.2, 0.25) is 11.0 Å². The number of hydrogen-bond acceptors (Lipinski definition) is 5. The zero-order valence-corrected chi connectivity index (χ0v) is 15.9. The van der Waals surface area contributed by atoms with E-state index >= 15 is 0 Å². The van der Waals surface area contributed by atoms with Crippen LogP contribution in [0.3, 0.4) is 0 Å². The average Bonchev–Trinajstić information content (AvgIpc) is 2.56. The Kier molecular flexibility index (Phi) is 5.09. The molecule has 30 heavy (non-hydrogen) atoms. The number of anilines is 2. The smallest absolute Gasteiger partial charge is 0.252 e. The minimum atomic E-state index is -2.76. The molecule has 0 aromatic carbocycles. The molecule has 1 heterocycles. The van der Waals surface area contributed by atoms with Crippen molar-refractivity contribution in [3.63, 3.8) is 0 Å². The number of hydrogen-bond donors (Lipinski definition) is 2. The van der Waals surface area contributed by atoms with Crippen molar-refractivity contribution in [2.75, 3.05) is 10.6 Å². The lowest BCUT2D eigenvalue weighted by Gasteiger charge is -2.38. The molecule has 3 aliphatic rings. The molecule has 13 heteroatoms. The van der Waals surface area contributed by atoms with Gasteiger partial charge in [-0.1, -0.05) is 11.6 Å². The molecule has 2 fully saturated rings.